The number of nitrogens with one attached hydrogen (secondary N) is 3. The van der Waals surface area contributed by atoms with Gasteiger partial charge in [-0.1, -0.05) is 6.07 Å². The number of pyridine rings is 1. The number of rotatable bonds is 5. The molecule has 1 aliphatic rings. The third-order valence-electron chi connectivity index (χ3n) is 3.91. The van der Waals surface area contributed by atoms with E-state index in [1.807, 2.05) is 0 Å². The Bertz CT molecular complexity index is 915. The van der Waals surface area contributed by atoms with Crippen molar-refractivity contribution in [3.8, 4) is 0 Å². The zero-order valence-electron chi connectivity index (χ0n) is 13.8. The Balaban J connectivity index is 1.77. The van der Waals surface area contributed by atoms with E-state index in [0.717, 1.165) is 0 Å². The summed E-state index contributed by atoms with van der Waals surface area (Å²) in [7, 11) is -3.92. The molecular weight excluding hydrogens is 356 g/mol. The van der Waals surface area contributed by atoms with Crippen molar-refractivity contribution < 1.29 is 18.0 Å². The second-order valence-corrected chi connectivity index (χ2v) is 7.54. The van der Waals surface area contributed by atoms with Crippen molar-refractivity contribution in [3.05, 3.63) is 54.4 Å². The zero-order chi connectivity index (χ0) is 18.6. The van der Waals surface area contributed by atoms with E-state index in [4.69, 9.17) is 0 Å². The molecule has 9 heteroatoms. The number of carbonyl (C=O) groups excluding carboxylic acids is 2. The lowest BCUT2D eigenvalue weighted by atomic mass is 10.1. The smallest absolute Gasteiger partial charge is 0.255 e. The lowest BCUT2D eigenvalue weighted by Gasteiger charge is -2.22. The minimum Gasteiger partial charge on any atom is -0.355 e. The molecule has 1 fully saturated rings. The Morgan fingerprint density at radius 3 is 2.81 bits per heavy atom. The fourth-order valence-corrected chi connectivity index (χ4v) is 3.86. The van der Waals surface area contributed by atoms with Crippen LogP contribution in [0.15, 0.2) is 53.7 Å². The van der Waals surface area contributed by atoms with Gasteiger partial charge in [0.2, 0.25) is 15.9 Å². The van der Waals surface area contributed by atoms with Gasteiger partial charge in [0.25, 0.3) is 5.91 Å². The van der Waals surface area contributed by atoms with Crippen LogP contribution >= 0.6 is 0 Å². The van der Waals surface area contributed by atoms with Crippen molar-refractivity contribution in [2.24, 2.45) is 0 Å². The van der Waals surface area contributed by atoms with Crippen molar-refractivity contribution >= 4 is 27.5 Å². The lowest BCUT2D eigenvalue weighted by Crippen LogP contribution is -2.50. The molecule has 0 radical (unpaired) electrons. The van der Waals surface area contributed by atoms with Crippen molar-refractivity contribution in [2.75, 3.05) is 11.9 Å². The minimum absolute atomic E-state index is 0.0743. The van der Waals surface area contributed by atoms with Gasteiger partial charge in [-0.25, -0.2) is 8.42 Å². The van der Waals surface area contributed by atoms with E-state index >= 15 is 0 Å². The molecule has 2 heterocycles. The van der Waals surface area contributed by atoms with Crippen LogP contribution in [0.2, 0.25) is 0 Å². The standard InChI is InChI=1S/C17H18N4O4S/c22-16(20-13-5-2-8-18-11-13)12-4-1-6-14(10-12)26(24,25)21-15-7-3-9-19-17(15)23/h1-2,4-6,8,10-11,15,21H,3,7,9H2,(H,19,23)(H,20,22)/t15-/m1/s1. The summed E-state index contributed by atoms with van der Waals surface area (Å²) in [6, 6.07) is 8.19. The second-order valence-electron chi connectivity index (χ2n) is 5.83. The molecule has 2 aromatic rings. The molecule has 1 saturated heterocycles. The molecular formula is C17H18N4O4S. The second kappa shape index (κ2) is 7.63. The molecule has 0 unspecified atom stereocenters. The Kier molecular flexibility index (Phi) is 5.29. The van der Waals surface area contributed by atoms with Crippen LogP contribution in [0.4, 0.5) is 5.69 Å². The molecule has 3 N–H and O–H groups in total. The van der Waals surface area contributed by atoms with Crippen LogP contribution in [0.1, 0.15) is 23.2 Å². The number of nitrogens with zero attached hydrogens (tertiary/aromatic N) is 1. The number of carbonyl (C=O) groups is 2. The number of aromatic nitrogens is 1. The predicted molar refractivity (Wildman–Crippen MR) is 95.0 cm³/mol. The summed E-state index contributed by atoms with van der Waals surface area (Å²) in [4.78, 5) is 27.9. The van der Waals surface area contributed by atoms with E-state index in [-0.39, 0.29) is 16.4 Å². The maximum absolute atomic E-state index is 12.5. The van der Waals surface area contributed by atoms with E-state index in [1.165, 1.54) is 30.5 Å². The topological polar surface area (TPSA) is 117 Å². The van der Waals surface area contributed by atoms with Gasteiger partial charge in [-0.2, -0.15) is 4.72 Å². The first-order valence-electron chi connectivity index (χ1n) is 8.07. The molecule has 1 aliphatic heterocycles. The Morgan fingerprint density at radius 2 is 2.08 bits per heavy atom. The van der Waals surface area contributed by atoms with E-state index in [1.54, 1.807) is 18.3 Å². The summed E-state index contributed by atoms with van der Waals surface area (Å²) < 4.78 is 27.5. The normalized spacial score (nSPS) is 17.4. The highest BCUT2D eigenvalue weighted by Crippen LogP contribution is 2.15. The SMILES string of the molecule is O=C(Nc1cccnc1)c1cccc(S(=O)(=O)N[C@@H]2CCCNC2=O)c1. The highest BCUT2D eigenvalue weighted by atomic mass is 32.2. The van der Waals surface area contributed by atoms with E-state index in [9.17, 15) is 18.0 Å². The molecule has 1 aromatic heterocycles. The number of benzene rings is 1. The molecule has 2 amide bonds. The fraction of sp³-hybridized carbons (Fsp3) is 0.235. The van der Waals surface area contributed by atoms with Crippen LogP contribution in [0, 0.1) is 0 Å². The molecule has 0 bridgehead atoms. The van der Waals surface area contributed by atoms with E-state index < -0.39 is 22.0 Å². The van der Waals surface area contributed by atoms with Gasteiger partial charge in [0, 0.05) is 18.3 Å². The Labute approximate surface area is 151 Å². The van der Waals surface area contributed by atoms with Gasteiger partial charge in [-0.15, -0.1) is 0 Å². The molecule has 26 heavy (non-hydrogen) atoms. The van der Waals surface area contributed by atoms with Crippen molar-refractivity contribution in [2.45, 2.75) is 23.8 Å². The molecule has 8 nitrogen and oxygen atoms in total. The minimum atomic E-state index is -3.92. The first-order chi connectivity index (χ1) is 12.5. The molecule has 0 spiro atoms. The molecule has 136 valence electrons. The third kappa shape index (κ3) is 4.24. The Morgan fingerprint density at radius 1 is 1.23 bits per heavy atom. The number of hydrogen-bond acceptors (Lipinski definition) is 5. The highest BCUT2D eigenvalue weighted by Gasteiger charge is 2.28. The van der Waals surface area contributed by atoms with E-state index in [0.29, 0.717) is 25.1 Å². The van der Waals surface area contributed by atoms with Crippen molar-refractivity contribution in [1.82, 2.24) is 15.0 Å². The van der Waals surface area contributed by atoms with Gasteiger partial charge in [0.1, 0.15) is 6.04 Å². The maximum Gasteiger partial charge on any atom is 0.255 e. The first kappa shape index (κ1) is 18.0. The molecule has 1 atom stereocenters. The molecule has 1 aromatic carbocycles. The molecule has 0 saturated carbocycles. The largest absolute Gasteiger partial charge is 0.355 e. The van der Waals surface area contributed by atoms with Crippen LogP contribution < -0.4 is 15.4 Å². The summed E-state index contributed by atoms with van der Waals surface area (Å²) in [6.45, 7) is 0.543. The van der Waals surface area contributed by atoms with Crippen molar-refractivity contribution in [3.63, 3.8) is 0 Å². The Hall–Kier alpha value is -2.78. The van der Waals surface area contributed by atoms with Crippen LogP contribution in [0.5, 0.6) is 0 Å². The first-order valence-corrected chi connectivity index (χ1v) is 9.55. The lowest BCUT2D eigenvalue weighted by molar-refractivity contribution is -0.124. The number of hydrogen-bond donors (Lipinski definition) is 3. The van der Waals surface area contributed by atoms with Crippen molar-refractivity contribution in [1.29, 1.82) is 0 Å². The maximum atomic E-state index is 12.5. The number of piperidine rings is 1. The fourth-order valence-electron chi connectivity index (χ4n) is 2.58. The quantitative estimate of drug-likeness (QED) is 0.718. The summed E-state index contributed by atoms with van der Waals surface area (Å²) >= 11 is 0. The van der Waals surface area contributed by atoms with Gasteiger partial charge in [-0.05, 0) is 43.2 Å². The summed E-state index contributed by atoms with van der Waals surface area (Å²) in [6.07, 6.45) is 4.20. The summed E-state index contributed by atoms with van der Waals surface area (Å²) in [5.41, 5.74) is 0.688. The third-order valence-corrected chi connectivity index (χ3v) is 5.38. The van der Waals surface area contributed by atoms with Gasteiger partial charge in [0.15, 0.2) is 0 Å². The van der Waals surface area contributed by atoms with Crippen LogP contribution in [0.3, 0.4) is 0 Å². The van der Waals surface area contributed by atoms with Crippen LogP contribution in [-0.2, 0) is 14.8 Å². The summed E-state index contributed by atoms with van der Waals surface area (Å²) in [5, 5.41) is 5.27. The van der Waals surface area contributed by atoms with Gasteiger partial charge in [0.05, 0.1) is 16.8 Å². The summed E-state index contributed by atoms with van der Waals surface area (Å²) in [5.74, 6) is -0.796. The highest BCUT2D eigenvalue weighted by molar-refractivity contribution is 7.89. The molecule has 0 aliphatic carbocycles. The monoisotopic (exact) mass is 374 g/mol. The average Bonchev–Trinajstić information content (AvgIpc) is 2.64. The van der Waals surface area contributed by atoms with Crippen LogP contribution in [0.25, 0.3) is 0 Å². The molecule has 3 rings (SSSR count). The van der Waals surface area contributed by atoms with Crippen LogP contribution in [-0.4, -0.2) is 37.8 Å². The van der Waals surface area contributed by atoms with Gasteiger partial charge < -0.3 is 10.6 Å². The van der Waals surface area contributed by atoms with Gasteiger partial charge in [-0.3, -0.25) is 14.6 Å². The van der Waals surface area contributed by atoms with E-state index in [2.05, 4.69) is 20.3 Å². The zero-order valence-corrected chi connectivity index (χ0v) is 14.6. The average molecular weight is 374 g/mol. The number of sulfonamides is 1. The number of amides is 2. The predicted octanol–water partition coefficient (Wildman–Crippen LogP) is 0.891. The van der Waals surface area contributed by atoms with Gasteiger partial charge >= 0.3 is 0 Å². The number of anilines is 1.